The van der Waals surface area contributed by atoms with E-state index in [9.17, 15) is 0 Å². The highest BCUT2D eigenvalue weighted by Gasteiger charge is 2.23. The van der Waals surface area contributed by atoms with Gasteiger partial charge in [0.25, 0.3) is 0 Å². The van der Waals surface area contributed by atoms with Crippen LogP contribution in [0, 0.1) is 0 Å². The molecule has 0 fully saturated rings. The first kappa shape index (κ1) is 39.2. The molecule has 5 heteroatoms. The van der Waals surface area contributed by atoms with Crippen LogP contribution in [0.15, 0.2) is 249 Å². The van der Waals surface area contributed by atoms with Crippen LogP contribution in [0.1, 0.15) is 0 Å². The van der Waals surface area contributed by atoms with E-state index >= 15 is 0 Å². The molecule has 5 nitrogen and oxygen atoms in total. The van der Waals surface area contributed by atoms with Crippen LogP contribution in [0.2, 0.25) is 0 Å². The Hall–Kier alpha value is -9.19. The molecule has 0 N–H and O–H groups in total. The number of nitrogens with zero attached hydrogens (tertiary/aromatic N) is 5. The Kier molecular flexibility index (Phi) is 9.43. The fraction of sp³-hybridized carbons (Fsp3) is 0. The third kappa shape index (κ3) is 6.68. The molecular formula is C63H41N5. The predicted octanol–water partition coefficient (Wildman–Crippen LogP) is 16.1. The molecule has 0 aliphatic heterocycles. The van der Waals surface area contributed by atoms with Gasteiger partial charge in [0, 0.05) is 43.8 Å². The molecule has 10 aromatic carbocycles. The van der Waals surface area contributed by atoms with Gasteiger partial charge in [-0.15, -0.1) is 0 Å². The number of hydrogen-bond donors (Lipinski definition) is 0. The molecule has 13 aromatic rings. The second kappa shape index (κ2) is 16.4. The van der Waals surface area contributed by atoms with Crippen molar-refractivity contribution in [2.45, 2.75) is 0 Å². The fourth-order valence-electron chi connectivity index (χ4n) is 10.0. The van der Waals surface area contributed by atoms with E-state index < -0.39 is 0 Å². The average molecular weight is 868 g/mol. The molecule has 0 bridgehead atoms. The van der Waals surface area contributed by atoms with Gasteiger partial charge in [-0.1, -0.05) is 200 Å². The van der Waals surface area contributed by atoms with Gasteiger partial charge in [-0.05, 0) is 81.9 Å². The van der Waals surface area contributed by atoms with Crippen LogP contribution in [0.25, 0.3) is 123 Å². The Balaban J connectivity index is 1.08. The van der Waals surface area contributed by atoms with Crippen molar-refractivity contribution in [2.75, 3.05) is 0 Å². The molecule has 0 unspecified atom stereocenters. The number of fused-ring (bicyclic) bond motifs is 6. The highest BCUT2D eigenvalue weighted by Crippen LogP contribution is 2.42. The van der Waals surface area contributed by atoms with Crippen molar-refractivity contribution in [1.82, 2.24) is 24.1 Å². The van der Waals surface area contributed by atoms with Crippen molar-refractivity contribution in [2.24, 2.45) is 0 Å². The largest absolute Gasteiger partial charge is 0.309 e. The van der Waals surface area contributed by atoms with Gasteiger partial charge in [-0.3, -0.25) is 4.57 Å². The summed E-state index contributed by atoms with van der Waals surface area (Å²) < 4.78 is 4.64. The topological polar surface area (TPSA) is 48.5 Å². The second-order valence-corrected chi connectivity index (χ2v) is 17.2. The van der Waals surface area contributed by atoms with E-state index in [1.54, 1.807) is 0 Å². The summed E-state index contributed by atoms with van der Waals surface area (Å²) in [5.74, 6) is 1.72. The molecule has 3 heterocycles. The normalized spacial score (nSPS) is 11.5. The predicted molar refractivity (Wildman–Crippen MR) is 281 cm³/mol. The second-order valence-electron chi connectivity index (χ2n) is 17.2. The molecule has 0 atom stereocenters. The van der Waals surface area contributed by atoms with E-state index in [1.165, 1.54) is 16.3 Å². The number of aromatic nitrogens is 5. The van der Waals surface area contributed by atoms with Crippen molar-refractivity contribution >= 4 is 43.6 Å². The van der Waals surface area contributed by atoms with Gasteiger partial charge in [0.15, 0.2) is 11.6 Å². The lowest BCUT2D eigenvalue weighted by Crippen LogP contribution is -2.07. The van der Waals surface area contributed by atoms with E-state index in [1.807, 2.05) is 18.2 Å². The molecular weight excluding hydrogens is 827 g/mol. The van der Waals surface area contributed by atoms with Gasteiger partial charge in [0.1, 0.15) is 0 Å². The molecule has 318 valence electrons. The van der Waals surface area contributed by atoms with Crippen LogP contribution in [0.3, 0.4) is 0 Å². The van der Waals surface area contributed by atoms with Crippen molar-refractivity contribution < 1.29 is 0 Å². The Morgan fingerprint density at radius 3 is 1.24 bits per heavy atom. The third-order valence-electron chi connectivity index (χ3n) is 13.2. The lowest BCUT2D eigenvalue weighted by atomic mass is 9.95. The average Bonchev–Trinajstić information content (AvgIpc) is 3.94. The molecule has 3 aromatic heterocycles. The molecule has 0 radical (unpaired) electrons. The quantitative estimate of drug-likeness (QED) is 0.153. The first-order valence-corrected chi connectivity index (χ1v) is 23.0. The van der Waals surface area contributed by atoms with Gasteiger partial charge >= 0.3 is 0 Å². The van der Waals surface area contributed by atoms with Crippen LogP contribution < -0.4 is 0 Å². The minimum atomic E-state index is 0.546. The number of rotatable bonds is 8. The van der Waals surface area contributed by atoms with Crippen LogP contribution in [-0.4, -0.2) is 24.1 Å². The molecule has 68 heavy (non-hydrogen) atoms. The maximum absolute atomic E-state index is 5.50. The maximum atomic E-state index is 5.50. The summed E-state index contributed by atoms with van der Waals surface area (Å²) in [4.78, 5) is 16.2. The zero-order chi connectivity index (χ0) is 45.0. The molecule has 0 saturated carbocycles. The van der Waals surface area contributed by atoms with Crippen molar-refractivity contribution in [3.05, 3.63) is 249 Å². The summed E-state index contributed by atoms with van der Waals surface area (Å²) in [5.41, 5.74) is 16.2. The highest BCUT2D eigenvalue weighted by molar-refractivity contribution is 6.15. The summed E-state index contributed by atoms with van der Waals surface area (Å²) in [6.45, 7) is 0. The van der Waals surface area contributed by atoms with Crippen molar-refractivity contribution in [1.29, 1.82) is 0 Å². The lowest BCUT2D eigenvalue weighted by Gasteiger charge is -2.17. The summed E-state index contributed by atoms with van der Waals surface area (Å²) in [6, 6.07) is 88.2. The third-order valence-corrected chi connectivity index (χ3v) is 13.2. The Bertz CT molecular complexity index is 3930. The SMILES string of the molecule is c1ccc(-c2ccc(-c3cc(-c4nc(-c5ccccc5)nc(-n5c6ccccc6c6cc(-c7ccccc7)cc(-c7ccccc7)c65)n4)ccc3-n3c4ccccc4c4ccccc43)cc2)cc1. The number of para-hydroxylation sites is 3. The first-order chi connectivity index (χ1) is 33.7. The number of benzene rings is 10. The van der Waals surface area contributed by atoms with Gasteiger partial charge < -0.3 is 4.57 Å². The molecule has 13 rings (SSSR count). The molecule has 0 aliphatic rings. The smallest absolute Gasteiger partial charge is 0.238 e. The zero-order valence-corrected chi connectivity index (χ0v) is 36.9. The standard InChI is InChI=1S/C63H41N5/c1-5-19-42(20-6-1)44-33-35-46(36-34-44)53-39-48(37-38-59(53)67-56-30-16-13-27-50(56)51-28-14-17-31-57(51)67)62-64-61(47-25-11-4-12-26-47)65-63(66-62)68-58-32-18-15-29-52(58)55-41-49(43-21-7-2-8-22-43)40-54(60(55)68)45-23-9-3-10-24-45/h1-41H. The maximum Gasteiger partial charge on any atom is 0.238 e. The molecule has 0 spiro atoms. The Labute approximate surface area is 393 Å². The molecule has 0 amide bonds. The lowest BCUT2D eigenvalue weighted by molar-refractivity contribution is 0.954. The van der Waals surface area contributed by atoms with E-state index in [0.717, 1.165) is 88.6 Å². The van der Waals surface area contributed by atoms with Gasteiger partial charge in [0.05, 0.1) is 27.8 Å². The number of hydrogen-bond acceptors (Lipinski definition) is 3. The van der Waals surface area contributed by atoms with Crippen LogP contribution in [0.4, 0.5) is 0 Å². The van der Waals surface area contributed by atoms with Crippen LogP contribution in [-0.2, 0) is 0 Å². The monoisotopic (exact) mass is 867 g/mol. The summed E-state index contributed by atoms with van der Waals surface area (Å²) >= 11 is 0. The summed E-state index contributed by atoms with van der Waals surface area (Å²) in [5, 5.41) is 4.67. The van der Waals surface area contributed by atoms with E-state index in [2.05, 4.69) is 240 Å². The van der Waals surface area contributed by atoms with Gasteiger partial charge in [-0.2, -0.15) is 9.97 Å². The van der Waals surface area contributed by atoms with Crippen LogP contribution >= 0.6 is 0 Å². The fourth-order valence-corrected chi connectivity index (χ4v) is 10.0. The van der Waals surface area contributed by atoms with E-state index in [-0.39, 0.29) is 0 Å². The highest BCUT2D eigenvalue weighted by atomic mass is 15.2. The minimum Gasteiger partial charge on any atom is -0.309 e. The zero-order valence-electron chi connectivity index (χ0n) is 36.9. The Morgan fingerprint density at radius 1 is 0.250 bits per heavy atom. The van der Waals surface area contributed by atoms with Gasteiger partial charge in [-0.25, -0.2) is 4.98 Å². The minimum absolute atomic E-state index is 0.546. The first-order valence-electron chi connectivity index (χ1n) is 23.0. The Morgan fingerprint density at radius 2 is 0.647 bits per heavy atom. The van der Waals surface area contributed by atoms with E-state index in [0.29, 0.717) is 17.6 Å². The molecule has 0 saturated heterocycles. The summed E-state index contributed by atoms with van der Waals surface area (Å²) in [6.07, 6.45) is 0. The van der Waals surface area contributed by atoms with E-state index in [4.69, 9.17) is 15.0 Å². The van der Waals surface area contributed by atoms with Gasteiger partial charge in [0.2, 0.25) is 5.95 Å². The van der Waals surface area contributed by atoms with Crippen molar-refractivity contribution in [3.63, 3.8) is 0 Å². The summed E-state index contributed by atoms with van der Waals surface area (Å²) in [7, 11) is 0. The van der Waals surface area contributed by atoms with Crippen LogP contribution in [0.5, 0.6) is 0 Å². The molecule has 0 aliphatic carbocycles. The van der Waals surface area contributed by atoms with Crippen molar-refractivity contribution in [3.8, 4) is 78.9 Å².